The summed E-state index contributed by atoms with van der Waals surface area (Å²) in [7, 11) is -3.85. The van der Waals surface area contributed by atoms with Gasteiger partial charge in [0.1, 0.15) is 0 Å². The van der Waals surface area contributed by atoms with Crippen LogP contribution in [0, 0.1) is 0 Å². The van der Waals surface area contributed by atoms with E-state index in [0.29, 0.717) is 11.1 Å². The minimum Gasteiger partial charge on any atom is -0.271 e. The number of aryl methyl sites for hydroxylation is 2. The van der Waals surface area contributed by atoms with E-state index in [4.69, 9.17) is 0 Å². The zero-order valence-electron chi connectivity index (χ0n) is 11.7. The average Bonchev–Trinajstić information content (AvgIpc) is 2.66. The lowest BCUT2D eigenvalue weighted by Crippen LogP contribution is -2.45. The molecule has 0 unspecified atom stereocenters. The lowest BCUT2D eigenvalue weighted by atomic mass is 9.80. The molecule has 4 rings (SSSR count). The number of hydrogen-bond acceptors (Lipinski definition) is 3. The SMILES string of the molecule is O=C1NS(=O)(=O)NC12c1ccccc1CCc1ccccc12. The first kappa shape index (κ1) is 13.5. The number of benzene rings is 2. The highest BCUT2D eigenvalue weighted by atomic mass is 32.2. The predicted octanol–water partition coefficient (Wildman–Crippen LogP) is 0.993. The van der Waals surface area contributed by atoms with Crippen LogP contribution in [0.25, 0.3) is 0 Å². The quantitative estimate of drug-likeness (QED) is 0.761. The molecule has 112 valence electrons. The van der Waals surface area contributed by atoms with Crippen molar-refractivity contribution in [2.75, 3.05) is 0 Å². The zero-order chi connectivity index (χ0) is 15.4. The van der Waals surface area contributed by atoms with E-state index in [9.17, 15) is 13.2 Å². The summed E-state index contributed by atoms with van der Waals surface area (Å²) in [5, 5.41) is 0. The van der Waals surface area contributed by atoms with Crippen LogP contribution in [0.4, 0.5) is 0 Å². The molecule has 2 aromatic carbocycles. The lowest BCUT2D eigenvalue weighted by Gasteiger charge is -2.28. The highest BCUT2D eigenvalue weighted by molar-refractivity contribution is 7.88. The van der Waals surface area contributed by atoms with Crippen LogP contribution in [0.2, 0.25) is 0 Å². The van der Waals surface area contributed by atoms with E-state index in [1.165, 1.54) is 0 Å². The van der Waals surface area contributed by atoms with E-state index in [1.807, 2.05) is 48.5 Å². The summed E-state index contributed by atoms with van der Waals surface area (Å²) in [6.07, 6.45) is 1.54. The second-order valence-corrected chi connectivity index (χ2v) is 7.02. The van der Waals surface area contributed by atoms with Gasteiger partial charge < -0.3 is 0 Å². The van der Waals surface area contributed by atoms with E-state index in [1.54, 1.807) is 0 Å². The molecule has 2 N–H and O–H groups in total. The van der Waals surface area contributed by atoms with Crippen molar-refractivity contribution in [3.05, 3.63) is 70.8 Å². The fourth-order valence-electron chi connectivity index (χ4n) is 3.45. The molecule has 0 radical (unpaired) electrons. The molecule has 1 fully saturated rings. The molecular formula is C16H14N2O3S. The van der Waals surface area contributed by atoms with Gasteiger partial charge in [0.2, 0.25) is 0 Å². The molecule has 0 bridgehead atoms. The summed E-state index contributed by atoms with van der Waals surface area (Å²) in [5.74, 6) is -0.547. The molecule has 5 nitrogen and oxygen atoms in total. The van der Waals surface area contributed by atoms with Gasteiger partial charge in [-0.1, -0.05) is 48.5 Å². The van der Waals surface area contributed by atoms with E-state index >= 15 is 0 Å². The summed E-state index contributed by atoms with van der Waals surface area (Å²) in [4.78, 5) is 12.7. The Kier molecular flexibility index (Phi) is 2.70. The summed E-state index contributed by atoms with van der Waals surface area (Å²) < 4.78 is 28.7. The Balaban J connectivity index is 2.11. The first-order valence-electron chi connectivity index (χ1n) is 7.06. The summed E-state index contributed by atoms with van der Waals surface area (Å²) >= 11 is 0. The van der Waals surface area contributed by atoms with Crippen molar-refractivity contribution in [3.8, 4) is 0 Å². The standard InChI is InChI=1S/C16H14N2O3S/c19-15-16(18-22(20,21)17-15)13-7-3-1-5-11(13)9-10-12-6-2-4-8-14(12)16/h1-8,18H,9-10H2,(H,17,19). The average molecular weight is 314 g/mol. The van der Waals surface area contributed by atoms with Crippen LogP contribution < -0.4 is 9.44 Å². The normalized spacial score (nSPS) is 20.8. The van der Waals surface area contributed by atoms with E-state index in [0.717, 1.165) is 24.0 Å². The number of fused-ring (bicyclic) bond motifs is 4. The Hall–Kier alpha value is -2.18. The van der Waals surface area contributed by atoms with Crippen molar-refractivity contribution in [1.82, 2.24) is 9.44 Å². The zero-order valence-corrected chi connectivity index (χ0v) is 12.5. The molecule has 1 saturated heterocycles. The van der Waals surface area contributed by atoms with Gasteiger partial charge in [0.15, 0.2) is 5.54 Å². The van der Waals surface area contributed by atoms with Gasteiger partial charge in [0, 0.05) is 0 Å². The van der Waals surface area contributed by atoms with Crippen LogP contribution in [0.5, 0.6) is 0 Å². The van der Waals surface area contributed by atoms with Crippen molar-refractivity contribution >= 4 is 16.1 Å². The Labute approximate surface area is 128 Å². The van der Waals surface area contributed by atoms with Crippen molar-refractivity contribution in [3.63, 3.8) is 0 Å². The molecule has 1 spiro atoms. The van der Waals surface area contributed by atoms with Crippen molar-refractivity contribution < 1.29 is 13.2 Å². The number of nitrogens with one attached hydrogen (secondary N) is 2. The maximum atomic E-state index is 12.7. The Morgan fingerprint density at radius 2 is 1.36 bits per heavy atom. The Bertz CT molecular complexity index is 842. The minimum atomic E-state index is -3.85. The van der Waals surface area contributed by atoms with Gasteiger partial charge in [0.25, 0.3) is 5.91 Å². The van der Waals surface area contributed by atoms with Gasteiger partial charge in [-0.3, -0.25) is 4.79 Å². The van der Waals surface area contributed by atoms with Gasteiger partial charge in [-0.2, -0.15) is 13.1 Å². The van der Waals surface area contributed by atoms with Gasteiger partial charge in [-0.25, -0.2) is 4.72 Å². The fraction of sp³-hybridized carbons (Fsp3) is 0.188. The van der Waals surface area contributed by atoms with Crippen LogP contribution in [0.15, 0.2) is 48.5 Å². The third-order valence-electron chi connectivity index (χ3n) is 4.36. The van der Waals surface area contributed by atoms with Gasteiger partial charge in [0.05, 0.1) is 0 Å². The van der Waals surface area contributed by atoms with E-state index < -0.39 is 21.7 Å². The number of amides is 1. The smallest absolute Gasteiger partial charge is 0.271 e. The molecule has 2 aromatic rings. The first-order valence-corrected chi connectivity index (χ1v) is 8.54. The predicted molar refractivity (Wildman–Crippen MR) is 81.3 cm³/mol. The molecule has 0 saturated carbocycles. The van der Waals surface area contributed by atoms with Crippen LogP contribution in [-0.2, 0) is 33.4 Å². The van der Waals surface area contributed by atoms with Crippen LogP contribution in [-0.4, -0.2) is 14.3 Å². The molecule has 6 heteroatoms. The number of hydrogen-bond donors (Lipinski definition) is 2. The van der Waals surface area contributed by atoms with E-state index in [-0.39, 0.29) is 0 Å². The maximum Gasteiger partial charge on any atom is 0.302 e. The molecule has 2 aliphatic rings. The minimum absolute atomic E-state index is 0.547. The second-order valence-electron chi connectivity index (χ2n) is 5.60. The largest absolute Gasteiger partial charge is 0.302 e. The number of carbonyl (C=O) groups is 1. The number of carbonyl (C=O) groups excluding carboxylic acids is 1. The van der Waals surface area contributed by atoms with E-state index in [2.05, 4.69) is 9.44 Å². The summed E-state index contributed by atoms with van der Waals surface area (Å²) in [5.41, 5.74) is 2.01. The van der Waals surface area contributed by atoms with Crippen molar-refractivity contribution in [1.29, 1.82) is 0 Å². The highest BCUT2D eigenvalue weighted by Gasteiger charge is 2.54. The van der Waals surface area contributed by atoms with Gasteiger partial charge in [-0.15, -0.1) is 0 Å². The molecule has 0 atom stereocenters. The third kappa shape index (κ3) is 1.74. The molecule has 1 amide bonds. The first-order chi connectivity index (χ1) is 10.5. The molecule has 0 aromatic heterocycles. The summed E-state index contributed by atoms with van der Waals surface area (Å²) in [6, 6.07) is 15.0. The Morgan fingerprint density at radius 3 is 1.82 bits per heavy atom. The van der Waals surface area contributed by atoms with Crippen LogP contribution in [0.1, 0.15) is 22.3 Å². The fourth-order valence-corrected chi connectivity index (χ4v) is 4.61. The van der Waals surface area contributed by atoms with Crippen molar-refractivity contribution in [2.24, 2.45) is 0 Å². The Morgan fingerprint density at radius 1 is 0.864 bits per heavy atom. The summed E-state index contributed by atoms with van der Waals surface area (Å²) in [6.45, 7) is 0. The van der Waals surface area contributed by atoms with Crippen LogP contribution >= 0.6 is 0 Å². The molecule has 22 heavy (non-hydrogen) atoms. The maximum absolute atomic E-state index is 12.7. The number of rotatable bonds is 0. The molecule has 1 aliphatic carbocycles. The molecule has 1 heterocycles. The molecular weight excluding hydrogens is 300 g/mol. The van der Waals surface area contributed by atoms with Gasteiger partial charge >= 0.3 is 10.2 Å². The van der Waals surface area contributed by atoms with Crippen molar-refractivity contribution in [2.45, 2.75) is 18.4 Å². The molecule has 1 aliphatic heterocycles. The monoisotopic (exact) mass is 314 g/mol. The van der Waals surface area contributed by atoms with Gasteiger partial charge in [-0.05, 0) is 35.1 Å². The highest BCUT2D eigenvalue weighted by Crippen LogP contribution is 2.40. The topological polar surface area (TPSA) is 75.3 Å². The third-order valence-corrected chi connectivity index (χ3v) is 5.39. The second kappa shape index (κ2) is 4.41. The lowest BCUT2D eigenvalue weighted by molar-refractivity contribution is -0.122. The van der Waals surface area contributed by atoms with Crippen LogP contribution in [0.3, 0.4) is 0 Å².